The van der Waals surface area contributed by atoms with Crippen LogP contribution in [0.5, 0.6) is 0 Å². The number of fused-ring (bicyclic) bond motifs is 2. The molecule has 0 aliphatic carbocycles. The fourth-order valence-corrected chi connectivity index (χ4v) is 3.07. The van der Waals surface area contributed by atoms with Crippen molar-refractivity contribution in [3.05, 3.63) is 60.0 Å². The average Bonchev–Trinajstić information content (AvgIpc) is 3.22. The average molecular weight is 333 g/mol. The first-order valence-corrected chi connectivity index (χ1v) is 8.32. The third-order valence-electron chi connectivity index (χ3n) is 4.31. The number of aromatic amines is 1. The molecule has 2 aromatic heterocycles. The van der Waals surface area contributed by atoms with Crippen molar-refractivity contribution in [3.8, 4) is 0 Å². The van der Waals surface area contributed by atoms with Gasteiger partial charge in [0.25, 0.3) is 0 Å². The summed E-state index contributed by atoms with van der Waals surface area (Å²) < 4.78 is 1.89. The van der Waals surface area contributed by atoms with Gasteiger partial charge < -0.3 is 10.3 Å². The molecule has 0 spiro atoms. The monoisotopic (exact) mass is 333 g/mol. The summed E-state index contributed by atoms with van der Waals surface area (Å²) in [5.74, 6) is 0.743. The molecule has 2 N–H and O–H groups in total. The van der Waals surface area contributed by atoms with E-state index in [0.29, 0.717) is 19.5 Å². The zero-order valence-electron chi connectivity index (χ0n) is 14.0. The summed E-state index contributed by atoms with van der Waals surface area (Å²) in [4.78, 5) is 19.8. The standard InChI is InChI=1S/C19H19N5O/c1-13-5-4-6-14-11-21-24(19(13)14)10-9-18(25)20-12-17-22-15-7-2-3-8-16(15)23-17/h2-8,11H,9-10,12H2,1H3,(H,20,25)(H,22,23). The van der Waals surface area contributed by atoms with Gasteiger partial charge in [0, 0.05) is 11.8 Å². The summed E-state index contributed by atoms with van der Waals surface area (Å²) in [6.45, 7) is 3.01. The molecule has 6 nitrogen and oxygen atoms in total. The van der Waals surface area contributed by atoms with Gasteiger partial charge in [-0.25, -0.2) is 4.98 Å². The lowest BCUT2D eigenvalue weighted by molar-refractivity contribution is -0.121. The van der Waals surface area contributed by atoms with E-state index in [0.717, 1.165) is 33.3 Å². The number of hydrogen-bond acceptors (Lipinski definition) is 3. The van der Waals surface area contributed by atoms with Crippen molar-refractivity contribution in [3.63, 3.8) is 0 Å². The van der Waals surface area contributed by atoms with Gasteiger partial charge in [-0.05, 0) is 24.6 Å². The Labute approximate surface area is 144 Å². The van der Waals surface area contributed by atoms with Crippen molar-refractivity contribution in [2.45, 2.75) is 26.4 Å². The Morgan fingerprint density at radius 1 is 1.20 bits per heavy atom. The van der Waals surface area contributed by atoms with Crippen LogP contribution in [0, 0.1) is 6.92 Å². The summed E-state index contributed by atoms with van der Waals surface area (Å²) >= 11 is 0. The van der Waals surface area contributed by atoms with E-state index in [9.17, 15) is 4.79 Å². The van der Waals surface area contributed by atoms with Crippen LogP contribution < -0.4 is 5.32 Å². The molecule has 0 bridgehead atoms. The van der Waals surface area contributed by atoms with Gasteiger partial charge in [-0.1, -0.05) is 30.3 Å². The topological polar surface area (TPSA) is 75.6 Å². The number of aromatic nitrogens is 4. The van der Waals surface area contributed by atoms with Crippen molar-refractivity contribution in [2.75, 3.05) is 0 Å². The normalized spacial score (nSPS) is 11.2. The Morgan fingerprint density at radius 2 is 2.08 bits per heavy atom. The zero-order valence-corrected chi connectivity index (χ0v) is 14.0. The maximum absolute atomic E-state index is 12.2. The fraction of sp³-hybridized carbons (Fsp3) is 0.211. The van der Waals surface area contributed by atoms with Gasteiger partial charge in [-0.2, -0.15) is 5.10 Å². The number of aryl methyl sites for hydroxylation is 2. The maximum atomic E-state index is 12.2. The number of H-pyrrole nitrogens is 1. The molecule has 1 amide bonds. The van der Waals surface area contributed by atoms with E-state index in [2.05, 4.69) is 33.4 Å². The van der Waals surface area contributed by atoms with E-state index in [1.807, 2.05) is 47.3 Å². The molecular weight excluding hydrogens is 314 g/mol. The first-order valence-electron chi connectivity index (χ1n) is 8.32. The second-order valence-electron chi connectivity index (χ2n) is 6.11. The highest BCUT2D eigenvalue weighted by molar-refractivity contribution is 5.82. The van der Waals surface area contributed by atoms with Crippen LogP contribution in [0.25, 0.3) is 21.9 Å². The fourth-order valence-electron chi connectivity index (χ4n) is 3.07. The number of carbonyl (C=O) groups excluding carboxylic acids is 1. The van der Waals surface area contributed by atoms with Crippen LogP contribution in [-0.4, -0.2) is 25.7 Å². The molecule has 0 aliphatic heterocycles. The molecule has 4 aromatic rings. The largest absolute Gasteiger partial charge is 0.349 e. The summed E-state index contributed by atoms with van der Waals surface area (Å²) in [6, 6.07) is 13.9. The van der Waals surface area contributed by atoms with Gasteiger partial charge in [0.05, 0.1) is 35.8 Å². The lowest BCUT2D eigenvalue weighted by Crippen LogP contribution is -2.24. The van der Waals surface area contributed by atoms with Crippen molar-refractivity contribution >= 4 is 27.8 Å². The Bertz CT molecular complexity index is 1010. The van der Waals surface area contributed by atoms with Gasteiger partial charge in [0.1, 0.15) is 5.82 Å². The van der Waals surface area contributed by atoms with Crippen LogP contribution in [-0.2, 0) is 17.9 Å². The van der Waals surface area contributed by atoms with Gasteiger partial charge in [0.15, 0.2) is 0 Å². The van der Waals surface area contributed by atoms with Gasteiger partial charge in [-0.15, -0.1) is 0 Å². The predicted octanol–water partition coefficient (Wildman–Crippen LogP) is 2.93. The van der Waals surface area contributed by atoms with Crippen LogP contribution in [0.3, 0.4) is 0 Å². The van der Waals surface area contributed by atoms with Crippen molar-refractivity contribution in [1.82, 2.24) is 25.1 Å². The van der Waals surface area contributed by atoms with Crippen LogP contribution in [0.2, 0.25) is 0 Å². The molecule has 2 aromatic carbocycles. The van der Waals surface area contributed by atoms with Crippen LogP contribution >= 0.6 is 0 Å². The van der Waals surface area contributed by atoms with E-state index < -0.39 is 0 Å². The minimum absolute atomic E-state index is 0.0160. The predicted molar refractivity (Wildman–Crippen MR) is 97.0 cm³/mol. The van der Waals surface area contributed by atoms with Crippen LogP contribution in [0.1, 0.15) is 17.8 Å². The molecule has 4 rings (SSSR count). The SMILES string of the molecule is Cc1cccc2cnn(CCC(=O)NCc3nc4ccccc4[nH]3)c12. The van der Waals surface area contributed by atoms with E-state index in [-0.39, 0.29) is 5.91 Å². The van der Waals surface area contributed by atoms with E-state index in [1.165, 1.54) is 0 Å². The number of rotatable bonds is 5. The molecule has 126 valence electrons. The third kappa shape index (κ3) is 3.10. The summed E-state index contributed by atoms with van der Waals surface area (Å²) in [5, 5.41) is 8.40. The molecule has 2 heterocycles. The Balaban J connectivity index is 1.37. The first kappa shape index (κ1) is 15.4. The number of benzene rings is 2. The Morgan fingerprint density at radius 3 is 2.96 bits per heavy atom. The second kappa shape index (κ2) is 6.39. The van der Waals surface area contributed by atoms with Gasteiger partial charge in [-0.3, -0.25) is 9.48 Å². The Kier molecular flexibility index (Phi) is 3.93. The third-order valence-corrected chi connectivity index (χ3v) is 4.31. The molecule has 0 aliphatic rings. The van der Waals surface area contributed by atoms with E-state index in [1.54, 1.807) is 0 Å². The molecule has 6 heteroatoms. The molecule has 0 unspecified atom stereocenters. The summed E-state index contributed by atoms with van der Waals surface area (Å²) in [6.07, 6.45) is 2.22. The molecule has 0 radical (unpaired) electrons. The van der Waals surface area contributed by atoms with Crippen LogP contribution in [0.15, 0.2) is 48.7 Å². The number of hydrogen-bond donors (Lipinski definition) is 2. The minimum atomic E-state index is -0.0160. The second-order valence-corrected chi connectivity index (χ2v) is 6.11. The van der Waals surface area contributed by atoms with E-state index in [4.69, 9.17) is 0 Å². The van der Waals surface area contributed by atoms with Gasteiger partial charge >= 0.3 is 0 Å². The number of imidazole rings is 1. The highest BCUT2D eigenvalue weighted by Crippen LogP contribution is 2.17. The lowest BCUT2D eigenvalue weighted by Gasteiger charge is -2.06. The quantitative estimate of drug-likeness (QED) is 0.589. The smallest absolute Gasteiger partial charge is 0.222 e. The molecule has 0 atom stereocenters. The van der Waals surface area contributed by atoms with Crippen molar-refractivity contribution in [1.29, 1.82) is 0 Å². The molecular formula is C19H19N5O. The van der Waals surface area contributed by atoms with Crippen molar-refractivity contribution in [2.24, 2.45) is 0 Å². The summed E-state index contributed by atoms with van der Waals surface area (Å²) in [5.41, 5.74) is 4.14. The number of amides is 1. The molecule has 0 saturated heterocycles. The number of carbonyl (C=O) groups is 1. The Hall–Kier alpha value is -3.15. The lowest BCUT2D eigenvalue weighted by atomic mass is 10.2. The van der Waals surface area contributed by atoms with Crippen LogP contribution in [0.4, 0.5) is 0 Å². The molecule has 25 heavy (non-hydrogen) atoms. The van der Waals surface area contributed by atoms with Crippen molar-refractivity contribution < 1.29 is 4.79 Å². The van der Waals surface area contributed by atoms with E-state index >= 15 is 0 Å². The highest BCUT2D eigenvalue weighted by Gasteiger charge is 2.09. The number of nitrogens with zero attached hydrogens (tertiary/aromatic N) is 3. The maximum Gasteiger partial charge on any atom is 0.222 e. The number of nitrogens with one attached hydrogen (secondary N) is 2. The zero-order chi connectivity index (χ0) is 17.2. The van der Waals surface area contributed by atoms with Gasteiger partial charge in [0.2, 0.25) is 5.91 Å². The minimum Gasteiger partial charge on any atom is -0.349 e. The first-order chi connectivity index (χ1) is 12.2. The number of para-hydroxylation sites is 3. The summed E-state index contributed by atoms with van der Waals surface area (Å²) in [7, 11) is 0. The molecule has 0 fully saturated rings. The highest BCUT2D eigenvalue weighted by atomic mass is 16.1. The molecule has 0 saturated carbocycles.